The zero-order chi connectivity index (χ0) is 19.4. The maximum Gasteiger partial charge on any atom is 0.251 e. The molecule has 0 atom stereocenters. The van der Waals surface area contributed by atoms with E-state index >= 15 is 0 Å². The molecular weight excluding hydrogens is 336 g/mol. The summed E-state index contributed by atoms with van der Waals surface area (Å²) in [5.74, 6) is -0.0525. The van der Waals surface area contributed by atoms with Crippen LogP contribution in [0.2, 0.25) is 0 Å². The van der Waals surface area contributed by atoms with E-state index in [0.717, 1.165) is 23.2 Å². The monoisotopic (exact) mass is 362 g/mol. The molecule has 2 aromatic carbocycles. The summed E-state index contributed by atoms with van der Waals surface area (Å²) in [5.41, 5.74) is 6.06. The zero-order valence-corrected chi connectivity index (χ0v) is 16.4. The highest BCUT2D eigenvalue weighted by molar-refractivity contribution is 5.95. The molecule has 0 radical (unpaired) electrons. The van der Waals surface area contributed by atoms with Crippen LogP contribution < -0.4 is 10.2 Å². The van der Waals surface area contributed by atoms with E-state index < -0.39 is 0 Å². The molecule has 0 aliphatic carbocycles. The highest BCUT2D eigenvalue weighted by atomic mass is 16.1. The summed E-state index contributed by atoms with van der Waals surface area (Å²) < 4.78 is 1.79. The first-order chi connectivity index (χ1) is 12.9. The lowest BCUT2D eigenvalue weighted by molar-refractivity contribution is 0.0954. The van der Waals surface area contributed by atoms with Gasteiger partial charge in [0.15, 0.2) is 0 Å². The fourth-order valence-corrected chi connectivity index (χ4v) is 3.09. The summed E-state index contributed by atoms with van der Waals surface area (Å²) in [6.45, 7) is 2.58. The summed E-state index contributed by atoms with van der Waals surface area (Å²) in [4.78, 5) is 14.6. The van der Waals surface area contributed by atoms with E-state index in [9.17, 15) is 4.79 Å². The number of nitrogens with one attached hydrogen (secondary N) is 1. The highest BCUT2D eigenvalue weighted by Gasteiger charge is 2.10. The van der Waals surface area contributed by atoms with Crippen LogP contribution in [-0.2, 0) is 13.5 Å². The molecule has 27 heavy (non-hydrogen) atoms. The van der Waals surface area contributed by atoms with E-state index in [1.54, 1.807) is 4.68 Å². The van der Waals surface area contributed by atoms with Gasteiger partial charge in [-0.25, -0.2) is 0 Å². The van der Waals surface area contributed by atoms with E-state index in [0.29, 0.717) is 12.1 Å². The lowest BCUT2D eigenvalue weighted by atomic mass is 10.0. The molecule has 0 aliphatic rings. The second kappa shape index (κ2) is 8.08. The Morgan fingerprint density at radius 2 is 1.89 bits per heavy atom. The van der Waals surface area contributed by atoms with Crippen molar-refractivity contribution in [2.75, 3.05) is 25.5 Å². The fraction of sp³-hybridized carbons (Fsp3) is 0.273. The Morgan fingerprint density at radius 3 is 2.52 bits per heavy atom. The van der Waals surface area contributed by atoms with Crippen molar-refractivity contribution >= 4 is 11.6 Å². The summed E-state index contributed by atoms with van der Waals surface area (Å²) in [7, 11) is 5.95. The van der Waals surface area contributed by atoms with E-state index in [-0.39, 0.29) is 5.91 Å². The number of carbonyl (C=O) groups excluding carboxylic acids is 1. The van der Waals surface area contributed by atoms with Gasteiger partial charge in [-0.15, -0.1) is 0 Å². The molecule has 1 aromatic heterocycles. The molecule has 1 amide bonds. The van der Waals surface area contributed by atoms with Crippen molar-refractivity contribution in [3.05, 3.63) is 71.5 Å². The van der Waals surface area contributed by atoms with Crippen LogP contribution in [0.4, 0.5) is 5.69 Å². The third-order valence-electron chi connectivity index (χ3n) is 4.60. The molecule has 1 N–H and O–H groups in total. The Kier molecular flexibility index (Phi) is 5.60. The van der Waals surface area contributed by atoms with E-state index in [1.807, 2.05) is 58.5 Å². The summed E-state index contributed by atoms with van der Waals surface area (Å²) in [5, 5.41) is 7.39. The Morgan fingerprint density at radius 1 is 1.15 bits per heavy atom. The predicted octanol–water partition coefficient (Wildman–Crippen LogP) is 3.43. The van der Waals surface area contributed by atoms with E-state index in [4.69, 9.17) is 0 Å². The van der Waals surface area contributed by atoms with Gasteiger partial charge in [0.2, 0.25) is 0 Å². The van der Waals surface area contributed by atoms with Crippen LogP contribution in [0.25, 0.3) is 11.1 Å². The van der Waals surface area contributed by atoms with Gasteiger partial charge in [-0.1, -0.05) is 24.3 Å². The molecule has 0 aliphatic heterocycles. The second-order valence-electron chi connectivity index (χ2n) is 6.95. The average molecular weight is 362 g/mol. The largest absolute Gasteiger partial charge is 0.378 e. The van der Waals surface area contributed by atoms with Gasteiger partial charge in [0, 0.05) is 50.7 Å². The minimum absolute atomic E-state index is 0.0525. The molecule has 0 saturated heterocycles. The minimum Gasteiger partial charge on any atom is -0.378 e. The molecule has 3 aromatic rings. The molecule has 0 unspecified atom stereocenters. The van der Waals surface area contributed by atoms with Crippen molar-refractivity contribution in [1.82, 2.24) is 15.1 Å². The van der Waals surface area contributed by atoms with Gasteiger partial charge >= 0.3 is 0 Å². The lowest BCUT2D eigenvalue weighted by Crippen LogP contribution is -2.25. The van der Waals surface area contributed by atoms with Gasteiger partial charge in [-0.05, 0) is 48.7 Å². The Labute approximate surface area is 160 Å². The maximum atomic E-state index is 12.5. The van der Waals surface area contributed by atoms with E-state index in [2.05, 4.69) is 39.6 Å². The molecule has 140 valence electrons. The third kappa shape index (κ3) is 4.56. The number of hydrogen-bond acceptors (Lipinski definition) is 3. The van der Waals surface area contributed by atoms with Gasteiger partial charge in [0.25, 0.3) is 5.91 Å². The first-order valence-corrected chi connectivity index (χ1v) is 9.09. The third-order valence-corrected chi connectivity index (χ3v) is 4.60. The number of benzene rings is 2. The van der Waals surface area contributed by atoms with Gasteiger partial charge in [0.05, 0.1) is 5.69 Å². The summed E-state index contributed by atoms with van der Waals surface area (Å²) in [6, 6.07) is 16.1. The van der Waals surface area contributed by atoms with Gasteiger partial charge in [0.1, 0.15) is 0 Å². The van der Waals surface area contributed by atoms with Crippen molar-refractivity contribution in [2.24, 2.45) is 7.05 Å². The maximum absolute atomic E-state index is 12.5. The zero-order valence-electron chi connectivity index (χ0n) is 16.4. The van der Waals surface area contributed by atoms with Crippen molar-refractivity contribution < 1.29 is 4.79 Å². The molecule has 5 heteroatoms. The van der Waals surface area contributed by atoms with Crippen LogP contribution in [0.1, 0.15) is 21.6 Å². The lowest BCUT2D eigenvalue weighted by Gasteiger charge is -2.12. The van der Waals surface area contributed by atoms with Crippen LogP contribution in [0.5, 0.6) is 0 Å². The Balaban J connectivity index is 1.61. The van der Waals surface area contributed by atoms with Gasteiger partial charge in [-0.3, -0.25) is 9.48 Å². The topological polar surface area (TPSA) is 50.2 Å². The molecule has 0 bridgehead atoms. The van der Waals surface area contributed by atoms with E-state index in [1.165, 1.54) is 11.3 Å². The summed E-state index contributed by atoms with van der Waals surface area (Å²) >= 11 is 0. The standard InChI is InChI=1S/C22H26N4O/c1-16-21(15-26(4)24-16)18-6-5-7-19(14-18)22(27)23-13-12-17-8-10-20(11-9-17)25(2)3/h5-11,14-15H,12-13H2,1-4H3,(H,23,27). The SMILES string of the molecule is Cc1nn(C)cc1-c1cccc(C(=O)NCCc2ccc(N(C)C)cc2)c1. The number of nitrogens with zero attached hydrogens (tertiary/aromatic N) is 3. The number of rotatable bonds is 6. The van der Waals surface area contributed by atoms with Crippen molar-refractivity contribution in [3.8, 4) is 11.1 Å². The Bertz CT molecular complexity index is 926. The van der Waals surface area contributed by atoms with Crippen LogP contribution in [0.3, 0.4) is 0 Å². The first-order valence-electron chi connectivity index (χ1n) is 9.09. The van der Waals surface area contributed by atoms with Crippen LogP contribution in [0, 0.1) is 6.92 Å². The molecular formula is C22H26N4O. The number of amides is 1. The Hall–Kier alpha value is -3.08. The predicted molar refractivity (Wildman–Crippen MR) is 110 cm³/mol. The molecule has 1 heterocycles. The molecule has 5 nitrogen and oxygen atoms in total. The van der Waals surface area contributed by atoms with Gasteiger partial charge in [-0.2, -0.15) is 5.10 Å². The number of aryl methyl sites for hydroxylation is 2. The molecule has 3 rings (SSSR count). The quantitative estimate of drug-likeness (QED) is 0.731. The highest BCUT2D eigenvalue weighted by Crippen LogP contribution is 2.23. The number of anilines is 1. The average Bonchev–Trinajstić information content (AvgIpc) is 3.00. The fourth-order valence-electron chi connectivity index (χ4n) is 3.09. The van der Waals surface area contributed by atoms with Crippen LogP contribution >= 0.6 is 0 Å². The molecule has 0 saturated carbocycles. The minimum atomic E-state index is -0.0525. The van der Waals surface area contributed by atoms with Crippen molar-refractivity contribution in [2.45, 2.75) is 13.3 Å². The second-order valence-corrected chi connectivity index (χ2v) is 6.95. The molecule has 0 fully saturated rings. The van der Waals surface area contributed by atoms with Crippen molar-refractivity contribution in [3.63, 3.8) is 0 Å². The smallest absolute Gasteiger partial charge is 0.251 e. The van der Waals surface area contributed by atoms with Crippen LogP contribution in [0.15, 0.2) is 54.7 Å². The first kappa shape index (κ1) is 18.7. The van der Waals surface area contributed by atoms with Crippen molar-refractivity contribution in [1.29, 1.82) is 0 Å². The van der Waals surface area contributed by atoms with Crippen LogP contribution in [-0.4, -0.2) is 36.3 Å². The molecule has 0 spiro atoms. The number of aromatic nitrogens is 2. The van der Waals surface area contributed by atoms with Gasteiger partial charge < -0.3 is 10.2 Å². The number of hydrogen-bond donors (Lipinski definition) is 1. The normalized spacial score (nSPS) is 10.7. The number of carbonyl (C=O) groups is 1. The summed E-state index contributed by atoms with van der Waals surface area (Å²) in [6.07, 6.45) is 2.78.